The number of aliphatic carboxylic acids is 1. The minimum Gasteiger partial charge on any atom is -0.549 e. The number of carbonyl (C=O) groups is 1. The Morgan fingerprint density at radius 2 is 1.33 bits per heavy atom. The van der Waals surface area contributed by atoms with Crippen molar-refractivity contribution in [3.05, 3.63) is 0 Å². The van der Waals surface area contributed by atoms with Crippen molar-refractivity contribution in [3.8, 4) is 0 Å². The van der Waals surface area contributed by atoms with Gasteiger partial charge < -0.3 is 15.2 Å². The molecule has 0 fully saturated rings. The van der Waals surface area contributed by atoms with E-state index in [2.05, 4.69) is 12.2 Å². The van der Waals surface area contributed by atoms with Crippen LogP contribution in [0.5, 0.6) is 0 Å². The summed E-state index contributed by atoms with van der Waals surface area (Å²) in [7, 11) is 0. The van der Waals surface area contributed by atoms with E-state index >= 15 is 0 Å². The van der Waals surface area contributed by atoms with E-state index in [4.69, 9.17) is 0 Å². The zero-order valence-corrected chi connectivity index (χ0v) is 14.3. The Labute approximate surface area is 134 Å². The van der Waals surface area contributed by atoms with E-state index in [1.807, 2.05) is 0 Å². The molecule has 1 N–H and O–H groups in total. The standard InChI is InChI=1S/C14H29NO2.Na/c1-2-3-4-5-6-7-8-9-10-11-12-15-13-14(16)17;/h15H,2-13H2,1H3,(H,16,17);/q;+1/p-1. The number of carboxylic acid groups (broad SMARTS) is 1. The van der Waals surface area contributed by atoms with Gasteiger partial charge in [0.25, 0.3) is 0 Å². The number of nitrogens with one attached hydrogen (secondary N) is 1. The predicted octanol–water partition coefficient (Wildman–Crippen LogP) is -0.749. The molecule has 0 atom stereocenters. The van der Waals surface area contributed by atoms with Crippen LogP contribution in [0.3, 0.4) is 0 Å². The van der Waals surface area contributed by atoms with Crippen LogP contribution in [0.25, 0.3) is 0 Å². The van der Waals surface area contributed by atoms with Crippen LogP contribution < -0.4 is 40.0 Å². The smallest absolute Gasteiger partial charge is 0.549 e. The molecule has 102 valence electrons. The summed E-state index contributed by atoms with van der Waals surface area (Å²) in [6.07, 6.45) is 13.1. The van der Waals surface area contributed by atoms with Crippen LogP contribution >= 0.6 is 0 Å². The van der Waals surface area contributed by atoms with Gasteiger partial charge in [-0.3, -0.25) is 0 Å². The number of carboxylic acids is 1. The first-order chi connectivity index (χ1) is 8.27. The first-order valence-corrected chi connectivity index (χ1v) is 7.18. The molecule has 3 nitrogen and oxygen atoms in total. The second-order valence-corrected chi connectivity index (χ2v) is 4.73. The molecule has 0 rings (SSSR count). The van der Waals surface area contributed by atoms with Crippen LogP contribution in [-0.2, 0) is 4.79 Å². The molecular formula is C14H28NNaO2. The van der Waals surface area contributed by atoms with Gasteiger partial charge in [-0.1, -0.05) is 64.7 Å². The molecule has 0 unspecified atom stereocenters. The topological polar surface area (TPSA) is 52.2 Å². The van der Waals surface area contributed by atoms with Crippen LogP contribution in [-0.4, -0.2) is 19.1 Å². The maximum atomic E-state index is 10.1. The third-order valence-electron chi connectivity index (χ3n) is 2.98. The molecule has 0 saturated carbocycles. The van der Waals surface area contributed by atoms with E-state index in [9.17, 15) is 9.90 Å². The van der Waals surface area contributed by atoms with Crippen molar-refractivity contribution < 1.29 is 39.5 Å². The Balaban J connectivity index is 0. The van der Waals surface area contributed by atoms with Gasteiger partial charge in [0.05, 0.1) is 5.97 Å². The third-order valence-corrected chi connectivity index (χ3v) is 2.98. The van der Waals surface area contributed by atoms with Crippen molar-refractivity contribution >= 4 is 5.97 Å². The van der Waals surface area contributed by atoms with Gasteiger partial charge in [-0.05, 0) is 13.0 Å². The van der Waals surface area contributed by atoms with E-state index in [0.29, 0.717) is 0 Å². The second-order valence-electron chi connectivity index (χ2n) is 4.73. The second kappa shape index (κ2) is 17.4. The largest absolute Gasteiger partial charge is 1.00 e. The normalized spacial score (nSPS) is 10.1. The van der Waals surface area contributed by atoms with Crippen molar-refractivity contribution in [1.82, 2.24) is 5.32 Å². The van der Waals surface area contributed by atoms with Crippen LogP contribution in [0.15, 0.2) is 0 Å². The fraction of sp³-hybridized carbons (Fsp3) is 0.929. The molecule has 0 aromatic carbocycles. The molecule has 0 aliphatic heterocycles. The number of hydrogen-bond donors (Lipinski definition) is 1. The molecule has 4 heteroatoms. The fourth-order valence-corrected chi connectivity index (χ4v) is 1.93. The van der Waals surface area contributed by atoms with Gasteiger partial charge in [0, 0.05) is 6.54 Å². The molecule has 0 aromatic rings. The number of unbranched alkanes of at least 4 members (excludes halogenated alkanes) is 9. The summed E-state index contributed by atoms with van der Waals surface area (Å²) in [6, 6.07) is 0. The molecule has 0 spiro atoms. The third kappa shape index (κ3) is 18.8. The Bertz CT molecular complexity index is 177. The average Bonchev–Trinajstić information content (AvgIpc) is 2.30. The minimum atomic E-state index is -1.02. The molecule has 0 bridgehead atoms. The van der Waals surface area contributed by atoms with Gasteiger partial charge in [-0.15, -0.1) is 0 Å². The first kappa shape index (κ1) is 20.7. The van der Waals surface area contributed by atoms with Gasteiger partial charge in [-0.25, -0.2) is 0 Å². The quantitative estimate of drug-likeness (QED) is 0.352. The number of carbonyl (C=O) groups excluding carboxylic acids is 1. The molecule has 0 aromatic heterocycles. The maximum absolute atomic E-state index is 10.1. The monoisotopic (exact) mass is 265 g/mol. The molecular weight excluding hydrogens is 237 g/mol. The first-order valence-electron chi connectivity index (χ1n) is 7.18. The van der Waals surface area contributed by atoms with Crippen LogP contribution in [0.2, 0.25) is 0 Å². The summed E-state index contributed by atoms with van der Waals surface area (Å²) < 4.78 is 0. The van der Waals surface area contributed by atoms with Gasteiger partial charge in [0.15, 0.2) is 0 Å². The Kier molecular flexibility index (Phi) is 20.1. The average molecular weight is 265 g/mol. The summed E-state index contributed by atoms with van der Waals surface area (Å²) in [5.74, 6) is -1.02. The summed E-state index contributed by atoms with van der Waals surface area (Å²) in [4.78, 5) is 10.1. The van der Waals surface area contributed by atoms with E-state index in [0.717, 1.165) is 13.0 Å². The van der Waals surface area contributed by atoms with E-state index in [-0.39, 0.29) is 36.1 Å². The van der Waals surface area contributed by atoms with Crippen molar-refractivity contribution in [3.63, 3.8) is 0 Å². The SMILES string of the molecule is CCCCCCCCCCCCNCC(=O)[O-].[Na+]. The Morgan fingerprint density at radius 3 is 1.78 bits per heavy atom. The summed E-state index contributed by atoms with van der Waals surface area (Å²) in [5.41, 5.74) is 0. The van der Waals surface area contributed by atoms with Crippen molar-refractivity contribution in [2.75, 3.05) is 13.1 Å². The summed E-state index contributed by atoms with van der Waals surface area (Å²) in [5, 5.41) is 13.0. The van der Waals surface area contributed by atoms with Gasteiger partial charge >= 0.3 is 29.6 Å². The molecule has 0 aliphatic carbocycles. The molecule has 0 amide bonds. The van der Waals surface area contributed by atoms with Crippen LogP contribution in [0.1, 0.15) is 71.1 Å². The van der Waals surface area contributed by atoms with Crippen LogP contribution in [0.4, 0.5) is 0 Å². The van der Waals surface area contributed by atoms with E-state index in [1.165, 1.54) is 57.8 Å². The van der Waals surface area contributed by atoms with Crippen molar-refractivity contribution in [2.24, 2.45) is 0 Å². The molecule has 18 heavy (non-hydrogen) atoms. The zero-order chi connectivity index (χ0) is 12.8. The Morgan fingerprint density at radius 1 is 0.889 bits per heavy atom. The van der Waals surface area contributed by atoms with E-state index in [1.54, 1.807) is 0 Å². The summed E-state index contributed by atoms with van der Waals surface area (Å²) in [6.45, 7) is 3.02. The van der Waals surface area contributed by atoms with Gasteiger partial charge in [-0.2, -0.15) is 0 Å². The van der Waals surface area contributed by atoms with Gasteiger partial charge in [0.2, 0.25) is 0 Å². The number of rotatable bonds is 13. The summed E-state index contributed by atoms with van der Waals surface area (Å²) >= 11 is 0. The molecule has 0 aliphatic rings. The van der Waals surface area contributed by atoms with Gasteiger partial charge in [0.1, 0.15) is 0 Å². The van der Waals surface area contributed by atoms with Crippen molar-refractivity contribution in [1.29, 1.82) is 0 Å². The Hall–Kier alpha value is 0.430. The molecule has 0 radical (unpaired) electrons. The minimum absolute atomic E-state index is 0. The molecule has 0 heterocycles. The fourth-order valence-electron chi connectivity index (χ4n) is 1.93. The zero-order valence-electron chi connectivity index (χ0n) is 12.3. The molecule has 0 saturated heterocycles. The maximum Gasteiger partial charge on any atom is 1.00 e. The van der Waals surface area contributed by atoms with Crippen molar-refractivity contribution in [2.45, 2.75) is 71.1 Å². The number of hydrogen-bond acceptors (Lipinski definition) is 3. The van der Waals surface area contributed by atoms with Crippen LogP contribution in [0, 0.1) is 0 Å². The predicted molar refractivity (Wildman–Crippen MR) is 69.7 cm³/mol. The van der Waals surface area contributed by atoms with E-state index < -0.39 is 5.97 Å².